The summed E-state index contributed by atoms with van der Waals surface area (Å²) in [6, 6.07) is 14.0. The fourth-order valence-electron chi connectivity index (χ4n) is 3.75. The van der Waals surface area contributed by atoms with E-state index in [0.29, 0.717) is 5.75 Å². The third-order valence-electron chi connectivity index (χ3n) is 5.01. The summed E-state index contributed by atoms with van der Waals surface area (Å²) in [6.45, 7) is 6.21. The largest absolute Gasteiger partial charge is 0.497 e. The van der Waals surface area contributed by atoms with E-state index in [-0.39, 0.29) is 11.8 Å². The Morgan fingerprint density at radius 1 is 1.12 bits per heavy atom. The van der Waals surface area contributed by atoms with E-state index >= 15 is 0 Å². The molecule has 3 nitrogen and oxygen atoms in total. The van der Waals surface area contributed by atoms with Gasteiger partial charge in [-0.15, -0.1) is 0 Å². The Morgan fingerprint density at radius 2 is 1.83 bits per heavy atom. The van der Waals surface area contributed by atoms with Crippen LogP contribution in [0.4, 0.5) is 0 Å². The van der Waals surface area contributed by atoms with Crippen molar-refractivity contribution in [1.29, 1.82) is 0 Å². The Morgan fingerprint density at radius 3 is 2.42 bits per heavy atom. The van der Waals surface area contributed by atoms with Gasteiger partial charge in [0.25, 0.3) is 0 Å². The highest BCUT2D eigenvalue weighted by atomic mass is 16.5. The molecule has 0 radical (unpaired) electrons. The monoisotopic (exact) mass is 324 g/mol. The zero-order valence-corrected chi connectivity index (χ0v) is 14.5. The lowest BCUT2D eigenvalue weighted by Gasteiger charge is -2.38. The molecule has 0 saturated carbocycles. The molecule has 3 atom stereocenters. The minimum absolute atomic E-state index is 0.0204. The second kappa shape index (κ2) is 6.70. The van der Waals surface area contributed by atoms with Gasteiger partial charge in [0, 0.05) is 17.5 Å². The molecule has 0 spiro atoms. The molecule has 3 rings (SSSR count). The molecular weight excluding hydrogens is 300 g/mol. The normalized spacial score (nSPS) is 22.6. The first-order valence-corrected chi connectivity index (χ1v) is 8.20. The lowest BCUT2D eigenvalue weighted by atomic mass is 9.68. The number of fused-ring (bicyclic) bond motifs is 1. The van der Waals surface area contributed by atoms with Crippen molar-refractivity contribution in [3.8, 4) is 11.5 Å². The summed E-state index contributed by atoms with van der Waals surface area (Å²) in [6.07, 6.45) is 0.177. The van der Waals surface area contributed by atoms with Gasteiger partial charge in [0.15, 0.2) is 0 Å². The molecule has 24 heavy (non-hydrogen) atoms. The number of aliphatic hydroxyl groups excluding tert-OH is 1. The molecule has 0 aromatic heterocycles. The SMILES string of the molecule is C=C(C)[C@@H]1Cc2c(OC)cc(OC)cc2[C@H](O)[C@H]1c1ccccc1. The summed E-state index contributed by atoms with van der Waals surface area (Å²) in [5.74, 6) is 1.61. The van der Waals surface area contributed by atoms with Crippen molar-refractivity contribution >= 4 is 0 Å². The van der Waals surface area contributed by atoms with Gasteiger partial charge in [-0.2, -0.15) is 0 Å². The molecule has 0 unspecified atom stereocenters. The van der Waals surface area contributed by atoms with Crippen LogP contribution in [0.15, 0.2) is 54.6 Å². The van der Waals surface area contributed by atoms with Gasteiger partial charge in [-0.05, 0) is 36.5 Å². The van der Waals surface area contributed by atoms with Crippen LogP contribution in [-0.4, -0.2) is 19.3 Å². The molecule has 0 heterocycles. The van der Waals surface area contributed by atoms with Crippen LogP contribution in [0.25, 0.3) is 0 Å². The van der Waals surface area contributed by atoms with Crippen molar-refractivity contribution in [2.75, 3.05) is 14.2 Å². The highest BCUT2D eigenvalue weighted by molar-refractivity contribution is 5.51. The molecule has 0 aliphatic heterocycles. The zero-order chi connectivity index (χ0) is 17.3. The van der Waals surface area contributed by atoms with Crippen molar-refractivity contribution in [2.24, 2.45) is 5.92 Å². The summed E-state index contributed by atoms with van der Waals surface area (Å²) in [5.41, 5.74) is 4.14. The van der Waals surface area contributed by atoms with Gasteiger partial charge in [0.2, 0.25) is 0 Å². The second-order valence-corrected chi connectivity index (χ2v) is 6.44. The van der Waals surface area contributed by atoms with Crippen LogP contribution in [0.5, 0.6) is 11.5 Å². The summed E-state index contributed by atoms with van der Waals surface area (Å²) >= 11 is 0. The van der Waals surface area contributed by atoms with Crippen LogP contribution in [0.2, 0.25) is 0 Å². The predicted octanol–water partition coefficient (Wildman–Crippen LogP) is 4.27. The van der Waals surface area contributed by atoms with E-state index in [2.05, 4.69) is 18.7 Å². The smallest absolute Gasteiger partial charge is 0.126 e. The summed E-state index contributed by atoms with van der Waals surface area (Å²) in [4.78, 5) is 0. The van der Waals surface area contributed by atoms with Gasteiger partial charge in [-0.3, -0.25) is 0 Å². The minimum atomic E-state index is -0.623. The average molecular weight is 324 g/mol. The predicted molar refractivity (Wildman–Crippen MR) is 95.7 cm³/mol. The van der Waals surface area contributed by atoms with E-state index in [0.717, 1.165) is 34.4 Å². The quantitative estimate of drug-likeness (QED) is 0.854. The van der Waals surface area contributed by atoms with E-state index in [1.54, 1.807) is 14.2 Å². The van der Waals surface area contributed by atoms with Gasteiger partial charge < -0.3 is 14.6 Å². The number of benzene rings is 2. The zero-order valence-electron chi connectivity index (χ0n) is 14.5. The number of hydrogen-bond acceptors (Lipinski definition) is 3. The first kappa shape index (κ1) is 16.6. The molecule has 0 bridgehead atoms. The Hall–Kier alpha value is -2.26. The highest BCUT2D eigenvalue weighted by Crippen LogP contribution is 2.49. The van der Waals surface area contributed by atoms with Crippen molar-refractivity contribution in [3.63, 3.8) is 0 Å². The van der Waals surface area contributed by atoms with E-state index in [1.165, 1.54) is 0 Å². The molecule has 1 N–H and O–H groups in total. The molecule has 2 aromatic rings. The van der Waals surface area contributed by atoms with Crippen LogP contribution in [0, 0.1) is 5.92 Å². The van der Waals surface area contributed by atoms with Gasteiger partial charge >= 0.3 is 0 Å². The third kappa shape index (κ3) is 2.80. The second-order valence-electron chi connectivity index (χ2n) is 6.44. The van der Waals surface area contributed by atoms with Crippen LogP contribution in [0.3, 0.4) is 0 Å². The molecule has 2 aromatic carbocycles. The van der Waals surface area contributed by atoms with Gasteiger partial charge in [-0.25, -0.2) is 0 Å². The Kier molecular flexibility index (Phi) is 4.63. The summed E-state index contributed by atoms with van der Waals surface area (Å²) < 4.78 is 10.9. The fourth-order valence-corrected chi connectivity index (χ4v) is 3.75. The topological polar surface area (TPSA) is 38.7 Å². The lowest BCUT2D eigenvalue weighted by Crippen LogP contribution is -2.29. The Labute approximate surface area is 143 Å². The molecule has 1 aliphatic rings. The number of allylic oxidation sites excluding steroid dienone is 1. The van der Waals surface area contributed by atoms with Crippen LogP contribution >= 0.6 is 0 Å². The maximum atomic E-state index is 11.2. The van der Waals surface area contributed by atoms with Gasteiger partial charge in [-0.1, -0.05) is 42.5 Å². The van der Waals surface area contributed by atoms with E-state index in [4.69, 9.17) is 9.47 Å². The number of aliphatic hydroxyl groups is 1. The molecular formula is C21H24O3. The molecule has 0 amide bonds. The summed E-state index contributed by atoms with van der Waals surface area (Å²) in [5, 5.41) is 11.2. The molecule has 0 fully saturated rings. The molecule has 3 heteroatoms. The van der Waals surface area contributed by atoms with E-state index < -0.39 is 6.10 Å². The number of hydrogen-bond donors (Lipinski definition) is 1. The molecule has 126 valence electrons. The van der Waals surface area contributed by atoms with Crippen molar-refractivity contribution in [2.45, 2.75) is 25.4 Å². The summed E-state index contributed by atoms with van der Waals surface area (Å²) in [7, 11) is 3.28. The molecule has 0 saturated heterocycles. The van der Waals surface area contributed by atoms with Gasteiger partial charge in [0.05, 0.1) is 20.3 Å². The van der Waals surface area contributed by atoms with Crippen LogP contribution in [0.1, 0.15) is 35.6 Å². The highest BCUT2D eigenvalue weighted by Gasteiger charge is 2.38. The molecule has 1 aliphatic carbocycles. The number of ether oxygens (including phenoxy) is 2. The van der Waals surface area contributed by atoms with Gasteiger partial charge in [0.1, 0.15) is 11.5 Å². The van der Waals surface area contributed by atoms with E-state index in [1.807, 2.05) is 37.3 Å². The Balaban J connectivity index is 2.15. The Bertz CT molecular complexity index is 736. The van der Waals surface area contributed by atoms with E-state index in [9.17, 15) is 5.11 Å². The average Bonchev–Trinajstić information content (AvgIpc) is 2.61. The standard InChI is InChI=1S/C21H24O3/c1-13(2)16-12-17-18(10-15(23-3)11-19(17)24-4)21(22)20(16)14-8-6-5-7-9-14/h5-11,16,20-22H,1,12H2,2-4H3/t16-,20-,21-/m0/s1. The van der Waals surface area contributed by atoms with Crippen molar-refractivity contribution in [1.82, 2.24) is 0 Å². The van der Waals surface area contributed by atoms with Crippen molar-refractivity contribution in [3.05, 3.63) is 71.3 Å². The maximum absolute atomic E-state index is 11.2. The lowest BCUT2D eigenvalue weighted by molar-refractivity contribution is 0.110. The third-order valence-corrected chi connectivity index (χ3v) is 5.01. The maximum Gasteiger partial charge on any atom is 0.126 e. The first-order chi connectivity index (χ1) is 11.6. The fraction of sp³-hybridized carbons (Fsp3) is 0.333. The van der Waals surface area contributed by atoms with Crippen LogP contribution in [-0.2, 0) is 6.42 Å². The number of methoxy groups -OCH3 is 2. The first-order valence-electron chi connectivity index (χ1n) is 8.20. The van der Waals surface area contributed by atoms with Crippen molar-refractivity contribution < 1.29 is 14.6 Å². The number of rotatable bonds is 4. The minimum Gasteiger partial charge on any atom is -0.497 e. The van der Waals surface area contributed by atoms with Crippen LogP contribution < -0.4 is 9.47 Å².